The third kappa shape index (κ3) is 2.43. The number of carbonyl (C=O) groups excluding carboxylic acids is 1. The van der Waals surface area contributed by atoms with E-state index in [2.05, 4.69) is 4.99 Å². The molecule has 1 unspecified atom stereocenters. The first-order valence-electron chi connectivity index (χ1n) is 6.56. The molecular weight excluding hydrogens is 319 g/mol. The molecule has 0 fully saturated rings. The van der Waals surface area contributed by atoms with Gasteiger partial charge in [0.2, 0.25) is 0 Å². The maximum Gasteiger partial charge on any atom is 0.193 e. The number of carbonyl (C=O) groups is 1. The van der Waals surface area contributed by atoms with Crippen LogP contribution in [0.15, 0.2) is 52.4 Å². The molecule has 1 aliphatic rings. The van der Waals surface area contributed by atoms with Crippen molar-refractivity contribution in [2.45, 2.75) is 10.1 Å². The third-order valence-corrected chi connectivity index (χ3v) is 5.43. The summed E-state index contributed by atoms with van der Waals surface area (Å²) in [5.74, 6) is -1.40. The highest BCUT2D eigenvalue weighted by molar-refractivity contribution is 7.93. The second-order valence-electron chi connectivity index (χ2n) is 4.88. The van der Waals surface area contributed by atoms with Gasteiger partial charge in [-0.05, 0) is 36.4 Å². The van der Waals surface area contributed by atoms with E-state index < -0.39 is 26.7 Å². The highest BCUT2D eigenvalue weighted by Gasteiger charge is 2.37. The van der Waals surface area contributed by atoms with Crippen molar-refractivity contribution in [1.82, 2.24) is 0 Å². The molecule has 0 saturated heterocycles. The van der Waals surface area contributed by atoms with Crippen LogP contribution in [0, 0.1) is 17.1 Å². The fourth-order valence-corrected chi connectivity index (χ4v) is 3.73. The summed E-state index contributed by atoms with van der Waals surface area (Å²) in [6, 6.07) is 10.9. The number of Topliss-reactive ketones (excluding diaryl/α,β-unsaturated/α-hetero) is 1. The van der Waals surface area contributed by atoms with Crippen molar-refractivity contribution < 1.29 is 17.6 Å². The fraction of sp³-hybridized carbons (Fsp3) is 0.0625. The van der Waals surface area contributed by atoms with Gasteiger partial charge < -0.3 is 0 Å². The Balaban J connectivity index is 2.06. The molecule has 114 valence electrons. The van der Waals surface area contributed by atoms with Gasteiger partial charge in [-0.25, -0.2) is 12.8 Å². The number of rotatable bonds is 2. The molecule has 0 aliphatic carbocycles. The van der Waals surface area contributed by atoms with Crippen LogP contribution < -0.4 is 0 Å². The van der Waals surface area contributed by atoms with Gasteiger partial charge in [0, 0.05) is 11.8 Å². The number of aliphatic imine (C=N–C) groups is 1. The molecule has 0 radical (unpaired) electrons. The molecule has 2 aromatic rings. The van der Waals surface area contributed by atoms with Crippen LogP contribution in [0.4, 0.5) is 10.1 Å². The van der Waals surface area contributed by atoms with Gasteiger partial charge >= 0.3 is 0 Å². The number of ketones is 1. The van der Waals surface area contributed by atoms with Gasteiger partial charge in [-0.3, -0.25) is 9.79 Å². The van der Waals surface area contributed by atoms with Gasteiger partial charge in [0.15, 0.2) is 20.9 Å². The number of nitrogens with zero attached hydrogens (tertiary/aromatic N) is 2. The first kappa shape index (κ1) is 15.1. The van der Waals surface area contributed by atoms with E-state index in [9.17, 15) is 17.6 Å². The number of benzene rings is 2. The van der Waals surface area contributed by atoms with Crippen molar-refractivity contribution in [3.63, 3.8) is 0 Å². The van der Waals surface area contributed by atoms with Gasteiger partial charge in [0.1, 0.15) is 11.5 Å². The van der Waals surface area contributed by atoms with Crippen LogP contribution in [0.1, 0.15) is 15.9 Å². The maximum atomic E-state index is 13.6. The molecule has 5 nitrogen and oxygen atoms in total. The highest BCUT2D eigenvalue weighted by atomic mass is 32.2. The lowest BCUT2D eigenvalue weighted by Crippen LogP contribution is -2.34. The Labute approximate surface area is 131 Å². The summed E-state index contributed by atoms with van der Waals surface area (Å²) in [5, 5.41) is 7.24. The second kappa shape index (κ2) is 5.41. The van der Waals surface area contributed by atoms with Crippen molar-refractivity contribution in [3.05, 3.63) is 59.4 Å². The van der Waals surface area contributed by atoms with Crippen molar-refractivity contribution in [1.29, 1.82) is 5.26 Å². The van der Waals surface area contributed by atoms with Crippen molar-refractivity contribution >= 4 is 27.5 Å². The van der Waals surface area contributed by atoms with Crippen LogP contribution >= 0.6 is 0 Å². The molecule has 2 aromatic carbocycles. The van der Waals surface area contributed by atoms with Gasteiger partial charge in [-0.1, -0.05) is 6.07 Å². The van der Waals surface area contributed by atoms with E-state index >= 15 is 0 Å². The minimum Gasteiger partial charge on any atom is -0.292 e. The molecule has 0 saturated carbocycles. The van der Waals surface area contributed by atoms with Gasteiger partial charge in [0.25, 0.3) is 0 Å². The quantitative estimate of drug-likeness (QED) is 0.847. The smallest absolute Gasteiger partial charge is 0.193 e. The van der Waals surface area contributed by atoms with E-state index in [1.165, 1.54) is 36.4 Å². The Morgan fingerprint density at radius 3 is 2.48 bits per heavy atom. The predicted molar refractivity (Wildman–Crippen MR) is 81.0 cm³/mol. The molecule has 0 N–H and O–H groups in total. The maximum absolute atomic E-state index is 13.6. The van der Waals surface area contributed by atoms with Gasteiger partial charge in [-0.2, -0.15) is 5.26 Å². The van der Waals surface area contributed by atoms with E-state index in [4.69, 9.17) is 5.26 Å². The van der Waals surface area contributed by atoms with Crippen molar-refractivity contribution in [3.8, 4) is 6.07 Å². The highest BCUT2D eigenvalue weighted by Crippen LogP contribution is 2.30. The number of nitriles is 1. The monoisotopic (exact) mass is 328 g/mol. The summed E-state index contributed by atoms with van der Waals surface area (Å²) in [6.45, 7) is 0. The number of para-hydroxylation sites is 1. The summed E-state index contributed by atoms with van der Waals surface area (Å²) in [6.07, 6.45) is 0.946. The number of sulfone groups is 1. The fourth-order valence-electron chi connectivity index (χ4n) is 2.30. The number of fused-ring (bicyclic) bond motifs is 1. The van der Waals surface area contributed by atoms with E-state index in [0.717, 1.165) is 12.3 Å². The second-order valence-corrected chi connectivity index (χ2v) is 6.95. The first-order valence-corrected chi connectivity index (χ1v) is 8.11. The molecule has 0 amide bonds. The van der Waals surface area contributed by atoms with E-state index in [-0.39, 0.29) is 16.1 Å². The van der Waals surface area contributed by atoms with E-state index in [1.54, 1.807) is 0 Å². The standard InChI is InChI=1S/C16H9FN2O3S/c17-13-3-1-2-12-15(13)19-9-14(16(12)20)23(21,22)11-6-4-10(8-18)5-7-11/h1-7,9,14H. The summed E-state index contributed by atoms with van der Waals surface area (Å²) in [7, 11) is -4.02. The van der Waals surface area contributed by atoms with Crippen LogP contribution in [-0.4, -0.2) is 25.7 Å². The predicted octanol–water partition coefficient (Wildman–Crippen LogP) is 2.44. The van der Waals surface area contributed by atoms with E-state index in [0.29, 0.717) is 5.56 Å². The van der Waals surface area contributed by atoms with Crippen LogP contribution in [0.2, 0.25) is 0 Å². The van der Waals surface area contributed by atoms with Crippen LogP contribution in [0.3, 0.4) is 0 Å². The lowest BCUT2D eigenvalue weighted by atomic mass is 10.0. The molecule has 1 aliphatic heterocycles. The Morgan fingerprint density at radius 2 is 1.83 bits per heavy atom. The zero-order chi connectivity index (χ0) is 16.6. The SMILES string of the molecule is N#Cc1ccc(S(=O)(=O)C2C=Nc3c(F)cccc3C2=O)cc1. The molecule has 0 aromatic heterocycles. The molecule has 1 atom stereocenters. The number of halogens is 1. The van der Waals surface area contributed by atoms with E-state index in [1.807, 2.05) is 6.07 Å². The Morgan fingerprint density at radius 1 is 1.13 bits per heavy atom. The molecule has 0 bridgehead atoms. The minimum atomic E-state index is -4.02. The Bertz CT molecular complexity index is 973. The zero-order valence-electron chi connectivity index (χ0n) is 11.6. The molecular formula is C16H9FN2O3S. The first-order chi connectivity index (χ1) is 10.9. The molecule has 0 spiro atoms. The zero-order valence-corrected chi connectivity index (χ0v) is 12.4. The van der Waals surface area contributed by atoms with Crippen LogP contribution in [-0.2, 0) is 9.84 Å². The normalized spacial score (nSPS) is 16.7. The summed E-state index contributed by atoms with van der Waals surface area (Å²) in [4.78, 5) is 16.1. The summed E-state index contributed by atoms with van der Waals surface area (Å²) >= 11 is 0. The average Bonchev–Trinajstić information content (AvgIpc) is 2.56. The van der Waals surface area contributed by atoms with Crippen LogP contribution in [0.5, 0.6) is 0 Å². The van der Waals surface area contributed by atoms with Crippen molar-refractivity contribution in [2.75, 3.05) is 0 Å². The van der Waals surface area contributed by atoms with Gasteiger partial charge in [-0.15, -0.1) is 0 Å². The number of hydrogen-bond donors (Lipinski definition) is 0. The summed E-state index contributed by atoms with van der Waals surface area (Å²) < 4.78 is 38.8. The average molecular weight is 328 g/mol. The molecule has 1 heterocycles. The third-order valence-electron chi connectivity index (χ3n) is 3.50. The topological polar surface area (TPSA) is 87.4 Å². The summed E-state index contributed by atoms with van der Waals surface area (Å²) in [5.41, 5.74) is 0.0958. The molecule has 7 heteroatoms. The number of hydrogen-bond acceptors (Lipinski definition) is 5. The lowest BCUT2D eigenvalue weighted by Gasteiger charge is -2.18. The Hall–Kier alpha value is -2.85. The van der Waals surface area contributed by atoms with Gasteiger partial charge in [0.05, 0.1) is 16.5 Å². The van der Waals surface area contributed by atoms with Crippen LogP contribution in [0.25, 0.3) is 0 Å². The lowest BCUT2D eigenvalue weighted by molar-refractivity contribution is 0.100. The van der Waals surface area contributed by atoms with Crippen molar-refractivity contribution in [2.24, 2.45) is 4.99 Å². The molecule has 23 heavy (non-hydrogen) atoms. The Kier molecular flexibility index (Phi) is 3.54. The molecule has 3 rings (SSSR count). The minimum absolute atomic E-state index is 0.0604. The largest absolute Gasteiger partial charge is 0.292 e.